The van der Waals surface area contributed by atoms with Gasteiger partial charge in [-0.25, -0.2) is 4.99 Å². The minimum atomic E-state index is -0.498. The van der Waals surface area contributed by atoms with Crippen molar-refractivity contribution < 1.29 is 9.26 Å². The van der Waals surface area contributed by atoms with Crippen molar-refractivity contribution in [3.63, 3.8) is 0 Å². The lowest BCUT2D eigenvalue weighted by Gasteiger charge is -2.31. The minimum Gasteiger partial charge on any atom is -0.496 e. The molecule has 2 heterocycles. The molecule has 0 aliphatic heterocycles. The highest BCUT2D eigenvalue weighted by molar-refractivity contribution is 6.09. The first kappa shape index (κ1) is 22.7. The van der Waals surface area contributed by atoms with Crippen LogP contribution in [0.5, 0.6) is 5.75 Å². The lowest BCUT2D eigenvalue weighted by atomic mass is 9.72. The molecule has 1 unspecified atom stereocenters. The number of hydrogen-bond donors (Lipinski definition) is 2. The van der Waals surface area contributed by atoms with Crippen LogP contribution in [-0.2, 0) is 5.41 Å². The summed E-state index contributed by atoms with van der Waals surface area (Å²) in [7, 11) is 1.59. The highest BCUT2D eigenvalue weighted by atomic mass is 16.5. The van der Waals surface area contributed by atoms with Crippen LogP contribution < -0.4 is 16.2 Å². The quantitative estimate of drug-likeness (QED) is 0.517. The molecule has 166 valence electrons. The Morgan fingerprint density at radius 1 is 1.25 bits per heavy atom. The molecule has 0 spiro atoms. The molecule has 32 heavy (non-hydrogen) atoms. The van der Waals surface area contributed by atoms with Crippen LogP contribution in [0, 0.1) is 5.92 Å². The van der Waals surface area contributed by atoms with Crippen molar-refractivity contribution in [3.05, 3.63) is 78.3 Å². The first-order chi connectivity index (χ1) is 15.3. The number of benzene rings is 1. The zero-order chi connectivity index (χ0) is 23.3. The van der Waals surface area contributed by atoms with Crippen LogP contribution in [-0.4, -0.2) is 28.4 Å². The number of nitrogens with two attached hydrogens (primary N) is 2. The Balaban J connectivity index is 1.99. The van der Waals surface area contributed by atoms with Gasteiger partial charge in [-0.2, -0.15) is 4.98 Å². The fraction of sp³-hybridized carbons (Fsp3) is 0.250. The Kier molecular flexibility index (Phi) is 6.73. The van der Waals surface area contributed by atoms with E-state index in [4.69, 9.17) is 25.7 Å². The molecule has 0 aliphatic carbocycles. The molecule has 0 fully saturated rings. The number of aliphatic imine (C=N–C) groups is 1. The second-order valence-electron chi connectivity index (χ2n) is 7.81. The highest BCUT2D eigenvalue weighted by Gasteiger charge is 2.37. The van der Waals surface area contributed by atoms with E-state index in [1.165, 1.54) is 6.20 Å². The van der Waals surface area contributed by atoms with E-state index in [1.807, 2.05) is 24.3 Å². The van der Waals surface area contributed by atoms with E-state index in [1.54, 1.807) is 31.8 Å². The maximum absolute atomic E-state index is 5.76. The Morgan fingerprint density at radius 3 is 2.56 bits per heavy atom. The lowest BCUT2D eigenvalue weighted by molar-refractivity contribution is 0.350. The first-order valence-corrected chi connectivity index (χ1v) is 10.1. The number of rotatable bonds is 8. The third-order valence-corrected chi connectivity index (χ3v) is 5.64. The van der Waals surface area contributed by atoms with Gasteiger partial charge in [-0.15, -0.1) is 0 Å². The molecule has 3 rings (SSSR count). The van der Waals surface area contributed by atoms with Crippen molar-refractivity contribution in [2.75, 3.05) is 7.11 Å². The molecule has 0 saturated carbocycles. The van der Waals surface area contributed by atoms with E-state index in [-0.39, 0.29) is 11.7 Å². The molecule has 1 aromatic carbocycles. The van der Waals surface area contributed by atoms with Gasteiger partial charge >= 0.3 is 0 Å². The standard InChI is InChI=1S/C24H28N6O2/c1-15(2)24(4,19-8-6-17(7-9-19)18(12-25)13-28-16(3)26)23-29-22(32-30-23)20-14-27-11-10-21(20)31-5/h6-15H,3,25-26H2,1-2,4-5H3/b18-12+,28-13?. The Morgan fingerprint density at radius 2 is 1.97 bits per heavy atom. The predicted molar refractivity (Wildman–Crippen MR) is 126 cm³/mol. The van der Waals surface area contributed by atoms with Gasteiger partial charge in [0, 0.05) is 30.4 Å². The molecule has 3 aromatic rings. The van der Waals surface area contributed by atoms with E-state index >= 15 is 0 Å². The fourth-order valence-corrected chi connectivity index (χ4v) is 3.36. The number of methoxy groups -OCH3 is 1. The number of hydrogen-bond acceptors (Lipinski definition) is 8. The molecule has 0 bridgehead atoms. The minimum absolute atomic E-state index is 0.182. The smallest absolute Gasteiger partial charge is 0.263 e. The van der Waals surface area contributed by atoms with E-state index in [0.717, 1.165) is 16.7 Å². The number of pyridine rings is 1. The van der Waals surface area contributed by atoms with Crippen molar-refractivity contribution in [2.24, 2.45) is 22.4 Å². The van der Waals surface area contributed by atoms with Crippen LogP contribution in [0.1, 0.15) is 37.7 Å². The summed E-state index contributed by atoms with van der Waals surface area (Å²) in [6.07, 6.45) is 6.37. The van der Waals surface area contributed by atoms with Crippen LogP contribution >= 0.6 is 0 Å². The molecule has 8 nitrogen and oxygen atoms in total. The van der Waals surface area contributed by atoms with Crippen molar-refractivity contribution in [1.29, 1.82) is 0 Å². The summed E-state index contributed by atoms with van der Waals surface area (Å²) in [5, 5.41) is 4.31. The molecule has 0 aliphatic rings. The average molecular weight is 433 g/mol. The fourth-order valence-electron chi connectivity index (χ4n) is 3.36. The lowest BCUT2D eigenvalue weighted by Crippen LogP contribution is -2.31. The summed E-state index contributed by atoms with van der Waals surface area (Å²) in [5.41, 5.74) is 14.1. The summed E-state index contributed by atoms with van der Waals surface area (Å²) in [4.78, 5) is 12.9. The summed E-state index contributed by atoms with van der Waals surface area (Å²) in [6, 6.07) is 9.77. The zero-order valence-corrected chi connectivity index (χ0v) is 18.7. The van der Waals surface area contributed by atoms with E-state index in [2.05, 4.69) is 42.5 Å². The van der Waals surface area contributed by atoms with Gasteiger partial charge in [0.05, 0.1) is 12.5 Å². The molecule has 2 aromatic heterocycles. The number of aromatic nitrogens is 3. The number of ether oxygens (including phenoxy) is 1. The molecular formula is C24H28N6O2. The maximum Gasteiger partial charge on any atom is 0.263 e. The predicted octanol–water partition coefficient (Wildman–Crippen LogP) is 3.90. The Bertz CT molecular complexity index is 1150. The van der Waals surface area contributed by atoms with Gasteiger partial charge in [0.1, 0.15) is 17.1 Å². The third-order valence-electron chi connectivity index (χ3n) is 5.64. The highest BCUT2D eigenvalue weighted by Crippen LogP contribution is 2.39. The van der Waals surface area contributed by atoms with Crippen molar-refractivity contribution >= 4 is 11.8 Å². The normalized spacial score (nSPS) is 14.0. The van der Waals surface area contributed by atoms with Gasteiger partial charge in [-0.3, -0.25) is 4.98 Å². The van der Waals surface area contributed by atoms with Gasteiger partial charge in [0.2, 0.25) is 0 Å². The second kappa shape index (κ2) is 9.47. The molecule has 0 radical (unpaired) electrons. The van der Waals surface area contributed by atoms with Crippen LogP contribution in [0.25, 0.3) is 17.0 Å². The van der Waals surface area contributed by atoms with E-state index in [0.29, 0.717) is 23.0 Å². The summed E-state index contributed by atoms with van der Waals surface area (Å²) >= 11 is 0. The van der Waals surface area contributed by atoms with E-state index in [9.17, 15) is 0 Å². The summed E-state index contributed by atoms with van der Waals surface area (Å²) < 4.78 is 11.0. The summed E-state index contributed by atoms with van der Waals surface area (Å²) in [5.74, 6) is 1.96. The Hall–Kier alpha value is -3.94. The number of nitrogens with zero attached hydrogens (tertiary/aromatic N) is 4. The molecule has 0 saturated heterocycles. The molecule has 8 heteroatoms. The molecule has 1 atom stereocenters. The maximum atomic E-state index is 5.76. The van der Waals surface area contributed by atoms with Crippen LogP contribution in [0.15, 0.2) is 70.8 Å². The van der Waals surface area contributed by atoms with E-state index < -0.39 is 5.41 Å². The van der Waals surface area contributed by atoms with Crippen molar-refractivity contribution in [3.8, 4) is 17.2 Å². The summed E-state index contributed by atoms with van der Waals surface area (Å²) in [6.45, 7) is 9.91. The van der Waals surface area contributed by atoms with Crippen molar-refractivity contribution in [1.82, 2.24) is 15.1 Å². The monoisotopic (exact) mass is 432 g/mol. The first-order valence-electron chi connectivity index (χ1n) is 10.1. The van der Waals surface area contributed by atoms with Crippen LogP contribution in [0.2, 0.25) is 0 Å². The zero-order valence-electron chi connectivity index (χ0n) is 18.7. The average Bonchev–Trinajstić information content (AvgIpc) is 3.29. The molecule has 4 N–H and O–H groups in total. The van der Waals surface area contributed by atoms with Gasteiger partial charge in [0.15, 0.2) is 5.82 Å². The second-order valence-corrected chi connectivity index (χ2v) is 7.81. The Labute approximate surface area is 187 Å². The van der Waals surface area contributed by atoms with Gasteiger partial charge in [-0.1, -0.05) is 49.8 Å². The van der Waals surface area contributed by atoms with Gasteiger partial charge < -0.3 is 20.7 Å². The van der Waals surface area contributed by atoms with Gasteiger partial charge in [-0.05, 0) is 30.0 Å². The molecular weight excluding hydrogens is 404 g/mol. The van der Waals surface area contributed by atoms with Crippen LogP contribution in [0.3, 0.4) is 0 Å². The molecule has 0 amide bonds. The van der Waals surface area contributed by atoms with Crippen LogP contribution in [0.4, 0.5) is 0 Å². The topological polar surface area (TPSA) is 125 Å². The van der Waals surface area contributed by atoms with Gasteiger partial charge in [0.25, 0.3) is 5.89 Å². The largest absolute Gasteiger partial charge is 0.496 e. The van der Waals surface area contributed by atoms with Crippen molar-refractivity contribution in [2.45, 2.75) is 26.2 Å². The number of allylic oxidation sites excluding steroid dienone is 1. The third kappa shape index (κ3) is 4.39. The SMILES string of the molecule is C=C(N)N=C/C(=C\N)c1ccc(C(C)(c2noc(-c3cnccc3OC)n2)C(C)C)cc1.